The fourth-order valence-corrected chi connectivity index (χ4v) is 1.40. The minimum absolute atomic E-state index is 0.276. The van der Waals surface area contributed by atoms with E-state index in [1.54, 1.807) is 0 Å². The van der Waals surface area contributed by atoms with Crippen LogP contribution in [0.15, 0.2) is 0 Å². The molecule has 1 saturated carbocycles. The molecule has 0 amide bonds. The summed E-state index contributed by atoms with van der Waals surface area (Å²) >= 11 is 0. The van der Waals surface area contributed by atoms with Crippen LogP contribution in [0, 0.1) is 5.41 Å². The summed E-state index contributed by atoms with van der Waals surface area (Å²) in [7, 11) is 0. The summed E-state index contributed by atoms with van der Waals surface area (Å²) in [5.41, 5.74) is -1.15. The average molecular weight is 165 g/mol. The van der Waals surface area contributed by atoms with E-state index >= 15 is 0 Å². The van der Waals surface area contributed by atoms with Crippen LogP contribution in [-0.2, 0) is 4.79 Å². The zero-order chi connectivity index (χ0) is 8.86. The van der Waals surface area contributed by atoms with Crippen LogP contribution in [0.1, 0.15) is 20.3 Å². The Morgan fingerprint density at radius 1 is 1.45 bits per heavy atom. The van der Waals surface area contributed by atoms with Gasteiger partial charge in [0, 0.05) is 5.41 Å². The van der Waals surface area contributed by atoms with Gasteiger partial charge < -0.3 is 12.9 Å². The van der Waals surface area contributed by atoms with Crippen molar-refractivity contribution in [3.8, 4) is 0 Å². The molecule has 1 unspecified atom stereocenters. The first-order valence-corrected chi connectivity index (χ1v) is 3.49. The first-order chi connectivity index (χ1) is 4.76. The molecule has 1 fully saturated rings. The van der Waals surface area contributed by atoms with E-state index in [4.69, 9.17) is 0 Å². The molecule has 0 saturated heterocycles. The van der Waals surface area contributed by atoms with Crippen LogP contribution >= 0.6 is 0 Å². The lowest BCUT2D eigenvalue weighted by molar-refractivity contribution is -0.136. The molecule has 0 aromatic heterocycles. The van der Waals surface area contributed by atoms with Gasteiger partial charge in [0.15, 0.2) is 0 Å². The lowest BCUT2D eigenvalue weighted by Crippen LogP contribution is -2.50. The maximum absolute atomic E-state index is 12.1. The highest BCUT2D eigenvalue weighted by atomic mass is 19.4. The molecule has 0 spiro atoms. The molecule has 0 N–H and O–H groups in total. The molecule has 0 heterocycles. The zero-order valence-electron chi connectivity index (χ0n) is 6.40. The topological polar surface area (TPSA) is 17.1 Å². The van der Waals surface area contributed by atoms with Crippen molar-refractivity contribution in [3.63, 3.8) is 0 Å². The van der Waals surface area contributed by atoms with Gasteiger partial charge in [-0.05, 0) is 6.42 Å². The Labute approximate surface area is 63.0 Å². The van der Waals surface area contributed by atoms with Gasteiger partial charge in [-0.1, -0.05) is 19.7 Å². The Morgan fingerprint density at radius 2 is 1.91 bits per heavy atom. The van der Waals surface area contributed by atoms with Crippen molar-refractivity contribution in [1.29, 1.82) is 0 Å². The molecule has 0 aromatic rings. The van der Waals surface area contributed by atoms with Crippen LogP contribution in [0.25, 0.3) is 0 Å². The summed E-state index contributed by atoms with van der Waals surface area (Å²) in [5.74, 6) is -1.64. The van der Waals surface area contributed by atoms with Gasteiger partial charge in [-0.2, -0.15) is 0 Å². The van der Waals surface area contributed by atoms with E-state index in [9.17, 15) is 17.7 Å². The molecule has 0 bridgehead atoms. The predicted molar refractivity (Wildman–Crippen MR) is 36.2 cm³/mol. The van der Waals surface area contributed by atoms with Crippen LogP contribution in [-0.4, -0.2) is 12.8 Å². The van der Waals surface area contributed by atoms with Gasteiger partial charge in [0.2, 0.25) is 0 Å². The largest absolute Gasteiger partial charge is 0.482 e. The van der Waals surface area contributed by atoms with Crippen molar-refractivity contribution in [2.24, 2.45) is 5.41 Å². The van der Waals surface area contributed by atoms with Crippen molar-refractivity contribution >= 4 is 12.8 Å². The Morgan fingerprint density at radius 3 is 2.00 bits per heavy atom. The van der Waals surface area contributed by atoms with Crippen LogP contribution < -0.4 is 0 Å². The van der Waals surface area contributed by atoms with Gasteiger partial charge >= 0.3 is 6.98 Å². The van der Waals surface area contributed by atoms with E-state index in [1.807, 2.05) is 0 Å². The lowest BCUT2D eigenvalue weighted by Gasteiger charge is -2.48. The second-order valence-electron chi connectivity index (χ2n) is 3.58. The Bertz CT molecular complexity index is 196. The molecule has 5 heteroatoms. The van der Waals surface area contributed by atoms with Gasteiger partial charge in [-0.15, -0.1) is 0 Å². The summed E-state index contributed by atoms with van der Waals surface area (Å²) in [6, 6.07) is 0. The highest BCUT2D eigenvalue weighted by Crippen LogP contribution is 2.54. The summed E-state index contributed by atoms with van der Waals surface area (Å²) < 4.78 is 36.2. The Balaban J connectivity index is 2.75. The number of hydrogen-bond donors (Lipinski definition) is 0. The Hall–Kier alpha value is -0.475. The normalized spacial score (nSPS) is 29.9. The second-order valence-corrected chi connectivity index (χ2v) is 3.58. The molecular weight excluding hydrogens is 156 g/mol. The first kappa shape index (κ1) is 8.62. The molecule has 64 valence electrons. The fraction of sp³-hybridized carbons (Fsp3) is 0.833. The summed E-state index contributed by atoms with van der Waals surface area (Å²) in [6.45, 7) is -2.10. The minimum atomic E-state index is -4.82. The zero-order valence-corrected chi connectivity index (χ0v) is 6.40. The molecular formula is C6H9BF3O-. The van der Waals surface area contributed by atoms with E-state index in [0.29, 0.717) is 0 Å². The van der Waals surface area contributed by atoms with Crippen LogP contribution in [0.3, 0.4) is 0 Å². The highest BCUT2D eigenvalue weighted by molar-refractivity contribution is 6.62. The monoisotopic (exact) mass is 165 g/mol. The molecule has 11 heavy (non-hydrogen) atoms. The van der Waals surface area contributed by atoms with Crippen LogP contribution in [0.4, 0.5) is 12.9 Å². The molecule has 0 aromatic carbocycles. The maximum Gasteiger partial charge on any atom is 0.482 e. The minimum Gasteiger partial charge on any atom is -0.449 e. The highest BCUT2D eigenvalue weighted by Gasteiger charge is 2.55. The lowest BCUT2D eigenvalue weighted by atomic mass is 9.47. The van der Waals surface area contributed by atoms with Gasteiger partial charge in [0.25, 0.3) is 0 Å². The molecule has 1 nitrogen and oxygen atoms in total. The molecule has 0 aliphatic heterocycles. The van der Waals surface area contributed by atoms with Crippen LogP contribution in [0.2, 0.25) is 5.82 Å². The summed E-state index contributed by atoms with van der Waals surface area (Å²) in [4.78, 5) is 10.7. The third kappa shape index (κ3) is 1.16. The fourth-order valence-electron chi connectivity index (χ4n) is 1.40. The smallest absolute Gasteiger partial charge is 0.449 e. The van der Waals surface area contributed by atoms with Gasteiger partial charge in [0.1, 0.15) is 5.78 Å². The number of carbonyl (C=O) groups is 1. The number of Topliss-reactive ketones (excluding diaryl/α,β-unsaturated/α-hetero) is 1. The number of ketones is 1. The van der Waals surface area contributed by atoms with Crippen molar-refractivity contribution in [2.75, 3.05) is 0 Å². The number of rotatable bonds is 1. The standard InChI is InChI=1S/C6H9BF3O/c1-6(2)4(3-5(6)11)7(8,9)10/h4H,3H2,1-2H3/q-1. The SMILES string of the molecule is CC1(C)C(=O)CC1[B-](F)(F)F. The van der Waals surface area contributed by atoms with Crippen molar-refractivity contribution in [2.45, 2.75) is 26.1 Å². The van der Waals surface area contributed by atoms with E-state index < -0.39 is 18.2 Å². The number of hydrogen-bond acceptors (Lipinski definition) is 1. The first-order valence-electron chi connectivity index (χ1n) is 3.49. The summed E-state index contributed by atoms with van der Waals surface area (Å²) in [6.07, 6.45) is -0.309. The van der Waals surface area contributed by atoms with Crippen LogP contribution in [0.5, 0.6) is 0 Å². The van der Waals surface area contributed by atoms with Crippen molar-refractivity contribution in [1.82, 2.24) is 0 Å². The molecule has 1 atom stereocenters. The second kappa shape index (κ2) is 2.02. The quantitative estimate of drug-likeness (QED) is 0.544. The van der Waals surface area contributed by atoms with E-state index in [2.05, 4.69) is 0 Å². The van der Waals surface area contributed by atoms with Gasteiger partial charge in [-0.25, -0.2) is 0 Å². The van der Waals surface area contributed by atoms with Crippen molar-refractivity contribution < 1.29 is 17.7 Å². The molecule has 1 aliphatic carbocycles. The predicted octanol–water partition coefficient (Wildman–Crippen LogP) is 2.20. The van der Waals surface area contributed by atoms with E-state index in [0.717, 1.165) is 0 Å². The molecule has 1 rings (SSSR count). The molecule has 1 aliphatic rings. The maximum atomic E-state index is 12.1. The van der Waals surface area contributed by atoms with Gasteiger partial charge in [-0.3, -0.25) is 4.79 Å². The molecule has 0 radical (unpaired) electrons. The summed E-state index contributed by atoms with van der Waals surface area (Å²) in [5, 5.41) is 0. The number of halogens is 3. The van der Waals surface area contributed by atoms with E-state index in [-0.39, 0.29) is 12.2 Å². The number of carbonyl (C=O) groups excluding carboxylic acids is 1. The average Bonchev–Trinajstić information content (AvgIpc) is 1.80. The third-order valence-electron chi connectivity index (χ3n) is 2.51. The van der Waals surface area contributed by atoms with E-state index in [1.165, 1.54) is 13.8 Å². The Kier molecular flexibility index (Phi) is 1.58. The third-order valence-corrected chi connectivity index (χ3v) is 2.51. The van der Waals surface area contributed by atoms with Gasteiger partial charge in [0.05, 0.1) is 0 Å². The van der Waals surface area contributed by atoms with Crippen molar-refractivity contribution in [3.05, 3.63) is 0 Å².